The van der Waals surface area contributed by atoms with Crippen molar-refractivity contribution in [3.05, 3.63) is 62.9 Å². The van der Waals surface area contributed by atoms with Gasteiger partial charge in [0, 0.05) is 34.2 Å². The minimum Gasteiger partial charge on any atom is -0.477 e. The molecule has 0 radical (unpaired) electrons. The number of aromatic nitrogens is 2. The van der Waals surface area contributed by atoms with E-state index in [0.717, 1.165) is 34.8 Å². The molecule has 1 atom stereocenters. The zero-order chi connectivity index (χ0) is 17.3. The summed E-state index contributed by atoms with van der Waals surface area (Å²) in [6, 6.07) is 7.65. The molecule has 0 saturated heterocycles. The normalized spacial score (nSPS) is 18.2. The summed E-state index contributed by atoms with van der Waals surface area (Å²) in [6.45, 7) is 1.90. The van der Waals surface area contributed by atoms with Gasteiger partial charge in [0.15, 0.2) is 0 Å². The summed E-state index contributed by atoms with van der Waals surface area (Å²) < 4.78 is 2.44. The van der Waals surface area contributed by atoms with Crippen molar-refractivity contribution in [3.63, 3.8) is 0 Å². The molecule has 2 N–H and O–H groups in total. The first kappa shape index (κ1) is 16.4. The molecule has 0 bridgehead atoms. The van der Waals surface area contributed by atoms with Gasteiger partial charge in [-0.1, -0.05) is 22.0 Å². The summed E-state index contributed by atoms with van der Waals surface area (Å²) in [7, 11) is 0. The first-order chi connectivity index (χ1) is 11.5. The Bertz CT molecular complexity index is 889. The fourth-order valence-electron chi connectivity index (χ4n) is 2.75. The molecule has 0 amide bonds. The van der Waals surface area contributed by atoms with Gasteiger partial charge in [0.25, 0.3) is 5.56 Å². The summed E-state index contributed by atoms with van der Waals surface area (Å²) in [5.41, 5.74) is 0.980. The van der Waals surface area contributed by atoms with Crippen LogP contribution < -0.4 is 10.9 Å². The summed E-state index contributed by atoms with van der Waals surface area (Å²) >= 11 is 3.42. The SMILES string of the molecule is CC1CC/C(=C\Nc2cccc(Br)c2)c2ncc(C(=O)O)c(=O)n21. The zero-order valence-electron chi connectivity index (χ0n) is 13.0. The maximum atomic E-state index is 12.4. The first-order valence-corrected chi connectivity index (χ1v) is 8.33. The number of hydrogen-bond donors (Lipinski definition) is 2. The highest BCUT2D eigenvalue weighted by atomic mass is 79.9. The second kappa shape index (κ2) is 6.60. The van der Waals surface area contributed by atoms with Crippen LogP contribution in [0.4, 0.5) is 5.69 Å². The lowest BCUT2D eigenvalue weighted by Gasteiger charge is -2.26. The molecule has 1 aromatic carbocycles. The molecular weight excluding hydrogens is 374 g/mol. The molecule has 6 nitrogen and oxygen atoms in total. The van der Waals surface area contributed by atoms with Crippen molar-refractivity contribution in [2.75, 3.05) is 5.32 Å². The summed E-state index contributed by atoms with van der Waals surface area (Å²) in [4.78, 5) is 27.8. The molecule has 24 heavy (non-hydrogen) atoms. The van der Waals surface area contributed by atoms with E-state index in [0.29, 0.717) is 5.82 Å². The largest absolute Gasteiger partial charge is 0.477 e. The average Bonchev–Trinajstić information content (AvgIpc) is 2.54. The number of benzene rings is 1. The van der Waals surface area contributed by atoms with E-state index in [2.05, 4.69) is 26.2 Å². The van der Waals surface area contributed by atoms with E-state index >= 15 is 0 Å². The molecule has 1 aromatic heterocycles. The van der Waals surface area contributed by atoms with Crippen LogP contribution in [-0.2, 0) is 0 Å². The van der Waals surface area contributed by atoms with E-state index in [4.69, 9.17) is 5.11 Å². The number of fused-ring (bicyclic) bond motifs is 1. The number of allylic oxidation sites excluding steroid dienone is 1. The smallest absolute Gasteiger partial charge is 0.342 e. The maximum absolute atomic E-state index is 12.4. The minimum atomic E-state index is -1.25. The van der Waals surface area contributed by atoms with Gasteiger partial charge in [-0.3, -0.25) is 9.36 Å². The van der Waals surface area contributed by atoms with Gasteiger partial charge in [-0.15, -0.1) is 0 Å². The predicted octanol–water partition coefficient (Wildman–Crippen LogP) is 3.51. The van der Waals surface area contributed by atoms with Crippen LogP contribution in [0.5, 0.6) is 0 Å². The number of nitrogens with one attached hydrogen (secondary N) is 1. The van der Waals surface area contributed by atoms with Gasteiger partial charge in [0.2, 0.25) is 0 Å². The van der Waals surface area contributed by atoms with Gasteiger partial charge in [-0.05, 0) is 38.0 Å². The van der Waals surface area contributed by atoms with E-state index in [1.807, 2.05) is 37.4 Å². The average molecular weight is 390 g/mol. The molecule has 0 aliphatic carbocycles. The molecular formula is C17H16BrN3O3. The highest BCUT2D eigenvalue weighted by molar-refractivity contribution is 9.10. The molecule has 1 aliphatic heterocycles. The van der Waals surface area contributed by atoms with Gasteiger partial charge in [-0.2, -0.15) is 0 Å². The summed E-state index contributed by atoms with van der Waals surface area (Å²) in [6.07, 6.45) is 4.48. The van der Waals surface area contributed by atoms with Crippen LogP contribution in [0.1, 0.15) is 42.0 Å². The van der Waals surface area contributed by atoms with Crippen LogP contribution in [0.2, 0.25) is 0 Å². The van der Waals surface area contributed by atoms with Crippen LogP contribution >= 0.6 is 15.9 Å². The number of aromatic carboxylic acids is 1. The molecule has 2 aromatic rings. The lowest BCUT2D eigenvalue weighted by Crippen LogP contribution is -2.34. The third kappa shape index (κ3) is 3.12. The third-order valence-corrected chi connectivity index (χ3v) is 4.51. The number of nitrogens with zero attached hydrogens (tertiary/aromatic N) is 2. The molecule has 1 aliphatic rings. The molecule has 2 heterocycles. The van der Waals surface area contributed by atoms with Gasteiger partial charge in [0.1, 0.15) is 11.4 Å². The molecule has 1 unspecified atom stereocenters. The second-order valence-corrected chi connectivity index (χ2v) is 6.60. The first-order valence-electron chi connectivity index (χ1n) is 7.53. The monoisotopic (exact) mass is 389 g/mol. The van der Waals surface area contributed by atoms with Gasteiger partial charge in [0.05, 0.1) is 0 Å². The maximum Gasteiger partial charge on any atom is 0.342 e. The Morgan fingerprint density at radius 3 is 3.00 bits per heavy atom. The van der Waals surface area contributed by atoms with Crippen LogP contribution in [0, 0.1) is 0 Å². The Morgan fingerprint density at radius 2 is 2.29 bits per heavy atom. The van der Waals surface area contributed by atoms with Crippen LogP contribution in [0.3, 0.4) is 0 Å². The Morgan fingerprint density at radius 1 is 1.50 bits per heavy atom. The number of halogens is 1. The zero-order valence-corrected chi connectivity index (χ0v) is 14.6. The highest BCUT2D eigenvalue weighted by Gasteiger charge is 2.25. The lowest BCUT2D eigenvalue weighted by atomic mass is 10.0. The Kier molecular flexibility index (Phi) is 4.53. The number of rotatable bonds is 3. The van der Waals surface area contributed by atoms with Crippen molar-refractivity contribution in [2.45, 2.75) is 25.8 Å². The Hall–Kier alpha value is -2.41. The molecule has 7 heteroatoms. The molecule has 124 valence electrons. The number of hydrogen-bond acceptors (Lipinski definition) is 4. The molecule has 0 fully saturated rings. The van der Waals surface area contributed by atoms with Crippen molar-refractivity contribution < 1.29 is 9.90 Å². The van der Waals surface area contributed by atoms with Crippen LogP contribution in [-0.4, -0.2) is 20.6 Å². The fourth-order valence-corrected chi connectivity index (χ4v) is 3.15. The van der Waals surface area contributed by atoms with Gasteiger partial charge in [-0.25, -0.2) is 9.78 Å². The lowest BCUT2D eigenvalue weighted by molar-refractivity contribution is 0.0693. The quantitative estimate of drug-likeness (QED) is 0.838. The number of anilines is 1. The van der Waals surface area contributed by atoms with E-state index < -0.39 is 11.5 Å². The summed E-state index contributed by atoms with van der Waals surface area (Å²) in [5.74, 6) is -0.732. The van der Waals surface area contributed by atoms with Crippen molar-refractivity contribution in [1.82, 2.24) is 9.55 Å². The van der Waals surface area contributed by atoms with Crippen molar-refractivity contribution in [1.29, 1.82) is 0 Å². The number of carboxylic acid groups (broad SMARTS) is 1. The van der Waals surface area contributed by atoms with E-state index in [-0.39, 0.29) is 11.6 Å². The highest BCUT2D eigenvalue weighted by Crippen LogP contribution is 2.30. The van der Waals surface area contributed by atoms with E-state index in [1.165, 1.54) is 4.57 Å². The second-order valence-electron chi connectivity index (χ2n) is 5.69. The van der Waals surface area contributed by atoms with E-state index in [9.17, 15) is 9.59 Å². The Labute approximate surface area is 147 Å². The number of carbonyl (C=O) groups is 1. The minimum absolute atomic E-state index is 0.0812. The van der Waals surface area contributed by atoms with Crippen molar-refractivity contribution in [2.24, 2.45) is 0 Å². The van der Waals surface area contributed by atoms with Gasteiger partial charge < -0.3 is 10.4 Å². The fraction of sp³-hybridized carbons (Fsp3) is 0.235. The molecule has 0 spiro atoms. The third-order valence-electron chi connectivity index (χ3n) is 4.02. The van der Waals surface area contributed by atoms with Crippen molar-refractivity contribution >= 4 is 33.2 Å². The number of carboxylic acids is 1. The van der Waals surface area contributed by atoms with Crippen LogP contribution in [0.25, 0.3) is 5.57 Å². The van der Waals surface area contributed by atoms with E-state index in [1.54, 1.807) is 0 Å². The standard InChI is InChI=1S/C17H16BrN3O3/c1-10-5-6-11(8-19-13-4-2-3-12(18)7-13)15-20-9-14(17(23)24)16(22)21(10)15/h2-4,7-10,19H,5-6H2,1H3,(H,23,24)/b11-8+. The Balaban J connectivity index is 2.00. The predicted molar refractivity (Wildman–Crippen MR) is 95.1 cm³/mol. The van der Waals surface area contributed by atoms with Crippen LogP contribution in [0.15, 0.2) is 45.9 Å². The molecule has 3 rings (SSSR count). The topological polar surface area (TPSA) is 84.2 Å². The van der Waals surface area contributed by atoms with Gasteiger partial charge >= 0.3 is 5.97 Å². The summed E-state index contributed by atoms with van der Waals surface area (Å²) in [5, 5.41) is 12.3. The van der Waals surface area contributed by atoms with Crippen molar-refractivity contribution in [3.8, 4) is 0 Å². The molecule has 0 saturated carbocycles.